The summed E-state index contributed by atoms with van der Waals surface area (Å²) in [5.41, 5.74) is 0. The number of fused-ring (bicyclic) bond motifs is 1. The predicted octanol–water partition coefficient (Wildman–Crippen LogP) is 4.93. The molecule has 2 aromatic carbocycles. The van der Waals surface area contributed by atoms with Crippen LogP contribution in [0.15, 0.2) is 59.2 Å². The molecule has 3 aromatic rings. The number of aromatic nitrogens is 1. The van der Waals surface area contributed by atoms with Gasteiger partial charge in [-0.3, -0.25) is 0 Å². The van der Waals surface area contributed by atoms with Crippen molar-refractivity contribution in [2.75, 3.05) is 0 Å². The second kappa shape index (κ2) is 4.97. The minimum Gasteiger partial charge on any atom is -0.438 e. The molecule has 4 heteroatoms. The zero-order valence-electron chi connectivity index (χ0n) is 9.81. The van der Waals surface area contributed by atoms with Crippen LogP contribution in [0.4, 0.5) is 4.39 Å². The van der Waals surface area contributed by atoms with Crippen LogP contribution in [0.2, 0.25) is 0 Å². The molecule has 0 radical (unpaired) electrons. The second-order valence-corrected chi connectivity index (χ2v) is 4.87. The van der Waals surface area contributed by atoms with Crippen LogP contribution >= 0.6 is 15.9 Å². The molecule has 0 saturated carbocycles. The first kappa shape index (κ1) is 12.1. The van der Waals surface area contributed by atoms with Crippen molar-refractivity contribution in [3.05, 3.63) is 65.0 Å². The Morgan fingerprint density at radius 3 is 2.74 bits per heavy atom. The molecular weight excluding hydrogens is 309 g/mol. The first-order valence-corrected chi connectivity index (χ1v) is 6.50. The molecule has 0 spiro atoms. The van der Waals surface area contributed by atoms with Gasteiger partial charge in [-0.25, -0.2) is 9.37 Å². The maximum Gasteiger partial charge on any atom is 0.227 e. The molecule has 0 saturated heterocycles. The summed E-state index contributed by atoms with van der Waals surface area (Å²) in [5.74, 6) is 0.729. The number of hydrogen-bond donors (Lipinski definition) is 0. The van der Waals surface area contributed by atoms with E-state index in [1.54, 1.807) is 18.3 Å². The first-order valence-electron chi connectivity index (χ1n) is 5.71. The Hall–Kier alpha value is -1.94. The van der Waals surface area contributed by atoms with Gasteiger partial charge in [0.15, 0.2) is 0 Å². The SMILES string of the molecule is Fc1ccc(Oc2nccc3ccccc23)cc1Br. The van der Waals surface area contributed by atoms with Crippen molar-refractivity contribution in [3.63, 3.8) is 0 Å². The molecule has 0 aliphatic carbocycles. The number of hydrogen-bond acceptors (Lipinski definition) is 2. The average Bonchev–Trinajstić information content (AvgIpc) is 2.43. The molecule has 0 N–H and O–H groups in total. The van der Waals surface area contributed by atoms with Crippen LogP contribution in [0.3, 0.4) is 0 Å². The monoisotopic (exact) mass is 317 g/mol. The van der Waals surface area contributed by atoms with Gasteiger partial charge in [-0.05, 0) is 51.6 Å². The summed E-state index contributed by atoms with van der Waals surface area (Å²) in [6, 6.07) is 14.2. The van der Waals surface area contributed by atoms with E-state index in [0.29, 0.717) is 16.1 Å². The standard InChI is InChI=1S/C15H9BrFNO/c16-13-9-11(5-6-14(13)17)19-15-12-4-2-1-3-10(12)7-8-18-15/h1-9H. The number of rotatable bonds is 2. The molecule has 19 heavy (non-hydrogen) atoms. The third-order valence-electron chi connectivity index (χ3n) is 2.74. The first-order chi connectivity index (χ1) is 9.24. The quantitative estimate of drug-likeness (QED) is 0.668. The van der Waals surface area contributed by atoms with Gasteiger partial charge >= 0.3 is 0 Å². The lowest BCUT2D eigenvalue weighted by atomic mass is 10.2. The van der Waals surface area contributed by atoms with Crippen molar-refractivity contribution >= 4 is 26.7 Å². The van der Waals surface area contributed by atoms with Gasteiger partial charge in [0.05, 0.1) is 4.47 Å². The minimum absolute atomic E-state index is 0.321. The fourth-order valence-electron chi connectivity index (χ4n) is 1.83. The lowest BCUT2D eigenvalue weighted by Gasteiger charge is -2.08. The molecule has 0 fully saturated rings. The molecular formula is C15H9BrFNO. The van der Waals surface area contributed by atoms with Gasteiger partial charge in [0.25, 0.3) is 0 Å². The van der Waals surface area contributed by atoms with E-state index in [-0.39, 0.29) is 5.82 Å². The van der Waals surface area contributed by atoms with Crippen molar-refractivity contribution in [2.45, 2.75) is 0 Å². The van der Waals surface area contributed by atoms with Crippen LogP contribution in [-0.2, 0) is 0 Å². The third-order valence-corrected chi connectivity index (χ3v) is 3.35. The van der Waals surface area contributed by atoms with Gasteiger partial charge in [-0.2, -0.15) is 0 Å². The van der Waals surface area contributed by atoms with Crippen LogP contribution in [-0.4, -0.2) is 4.98 Å². The molecule has 0 atom stereocenters. The van der Waals surface area contributed by atoms with Crippen molar-refractivity contribution < 1.29 is 9.13 Å². The van der Waals surface area contributed by atoms with E-state index in [1.807, 2.05) is 30.3 Å². The minimum atomic E-state index is -0.321. The van der Waals surface area contributed by atoms with Gasteiger partial charge in [-0.1, -0.05) is 18.2 Å². The number of ether oxygens (including phenoxy) is 1. The van der Waals surface area contributed by atoms with Crippen LogP contribution in [0, 0.1) is 5.82 Å². The van der Waals surface area contributed by atoms with Crippen molar-refractivity contribution in [3.8, 4) is 11.6 Å². The van der Waals surface area contributed by atoms with Gasteiger partial charge in [0, 0.05) is 11.6 Å². The van der Waals surface area contributed by atoms with Crippen LogP contribution in [0.5, 0.6) is 11.6 Å². The molecule has 0 bridgehead atoms. The normalized spacial score (nSPS) is 10.6. The van der Waals surface area contributed by atoms with Gasteiger partial charge in [0.1, 0.15) is 11.6 Å². The second-order valence-electron chi connectivity index (χ2n) is 4.02. The van der Waals surface area contributed by atoms with E-state index >= 15 is 0 Å². The smallest absolute Gasteiger partial charge is 0.227 e. The Balaban J connectivity index is 2.03. The van der Waals surface area contributed by atoms with Gasteiger partial charge < -0.3 is 4.74 Å². The van der Waals surface area contributed by atoms with Crippen LogP contribution in [0.1, 0.15) is 0 Å². The molecule has 0 amide bonds. The molecule has 3 rings (SSSR count). The Labute approximate surface area is 118 Å². The van der Waals surface area contributed by atoms with E-state index in [4.69, 9.17) is 4.74 Å². The fourth-order valence-corrected chi connectivity index (χ4v) is 2.18. The maximum absolute atomic E-state index is 13.2. The zero-order valence-corrected chi connectivity index (χ0v) is 11.4. The lowest BCUT2D eigenvalue weighted by Crippen LogP contribution is -1.90. The molecule has 0 unspecified atom stereocenters. The lowest BCUT2D eigenvalue weighted by molar-refractivity contribution is 0.467. The largest absolute Gasteiger partial charge is 0.438 e. The van der Waals surface area contributed by atoms with Crippen molar-refractivity contribution in [1.82, 2.24) is 4.98 Å². The Morgan fingerprint density at radius 1 is 1.05 bits per heavy atom. The summed E-state index contributed by atoms with van der Waals surface area (Å²) in [6.45, 7) is 0. The van der Waals surface area contributed by atoms with Crippen LogP contribution < -0.4 is 4.74 Å². The van der Waals surface area contributed by atoms with E-state index in [2.05, 4.69) is 20.9 Å². The highest BCUT2D eigenvalue weighted by Crippen LogP contribution is 2.29. The third kappa shape index (κ3) is 2.44. The summed E-state index contributed by atoms with van der Waals surface area (Å²) in [6.07, 6.45) is 1.69. The number of benzene rings is 2. The summed E-state index contributed by atoms with van der Waals surface area (Å²) < 4.78 is 19.3. The fraction of sp³-hybridized carbons (Fsp3) is 0. The molecule has 2 nitrogen and oxygen atoms in total. The zero-order chi connectivity index (χ0) is 13.2. The van der Waals surface area contributed by atoms with Crippen LogP contribution in [0.25, 0.3) is 10.8 Å². The number of pyridine rings is 1. The summed E-state index contributed by atoms with van der Waals surface area (Å²) in [4.78, 5) is 4.22. The summed E-state index contributed by atoms with van der Waals surface area (Å²) >= 11 is 3.13. The summed E-state index contributed by atoms with van der Waals surface area (Å²) in [7, 11) is 0. The predicted molar refractivity (Wildman–Crippen MR) is 75.9 cm³/mol. The topological polar surface area (TPSA) is 22.1 Å². The molecule has 94 valence electrons. The maximum atomic E-state index is 13.2. The average molecular weight is 318 g/mol. The Morgan fingerprint density at radius 2 is 1.89 bits per heavy atom. The van der Waals surface area contributed by atoms with E-state index in [0.717, 1.165) is 10.8 Å². The van der Waals surface area contributed by atoms with E-state index < -0.39 is 0 Å². The number of nitrogens with zero attached hydrogens (tertiary/aromatic N) is 1. The van der Waals surface area contributed by atoms with Gasteiger partial charge in [-0.15, -0.1) is 0 Å². The van der Waals surface area contributed by atoms with Crippen molar-refractivity contribution in [2.24, 2.45) is 0 Å². The summed E-state index contributed by atoms with van der Waals surface area (Å²) in [5, 5.41) is 1.97. The van der Waals surface area contributed by atoms with E-state index in [1.165, 1.54) is 6.07 Å². The van der Waals surface area contributed by atoms with Crippen molar-refractivity contribution in [1.29, 1.82) is 0 Å². The molecule has 0 aliphatic rings. The highest BCUT2D eigenvalue weighted by molar-refractivity contribution is 9.10. The van der Waals surface area contributed by atoms with Gasteiger partial charge in [0.2, 0.25) is 5.88 Å². The highest BCUT2D eigenvalue weighted by Gasteiger charge is 2.06. The number of halogens is 2. The molecule has 0 aliphatic heterocycles. The molecule has 1 heterocycles. The molecule has 1 aromatic heterocycles. The Bertz CT molecular complexity index is 740. The Kier molecular flexibility index (Phi) is 3.17. The van der Waals surface area contributed by atoms with E-state index in [9.17, 15) is 4.39 Å². The highest BCUT2D eigenvalue weighted by atomic mass is 79.9.